The molecule has 0 bridgehead atoms. The maximum absolute atomic E-state index is 12.1. The fraction of sp³-hybridized carbons (Fsp3) is 0.429. The molecule has 1 aliphatic rings. The second kappa shape index (κ2) is 6.26. The molecular formula is C14H18N2O4S. The topological polar surface area (TPSA) is 106 Å². The monoisotopic (exact) mass is 310 g/mol. The molecule has 2 amide bonds. The van der Waals surface area contributed by atoms with Gasteiger partial charge in [-0.2, -0.15) is 0 Å². The summed E-state index contributed by atoms with van der Waals surface area (Å²) < 4.78 is 24.3. The SMILES string of the molecule is NC(=O)[C@H](CCS(=O)(=O)c1ccccc1)NC(=O)C1CC1. The predicted molar refractivity (Wildman–Crippen MR) is 77.0 cm³/mol. The molecule has 1 aromatic carbocycles. The van der Waals surface area contributed by atoms with Crippen molar-refractivity contribution in [1.82, 2.24) is 5.32 Å². The molecule has 6 nitrogen and oxygen atoms in total. The summed E-state index contributed by atoms with van der Waals surface area (Å²) in [6.07, 6.45) is 1.59. The normalized spacial score (nSPS) is 16.2. The van der Waals surface area contributed by atoms with Gasteiger partial charge in [0.05, 0.1) is 10.6 Å². The van der Waals surface area contributed by atoms with Crippen LogP contribution in [0.15, 0.2) is 35.2 Å². The lowest BCUT2D eigenvalue weighted by molar-refractivity contribution is -0.128. The third-order valence-electron chi connectivity index (χ3n) is 3.39. The lowest BCUT2D eigenvalue weighted by Crippen LogP contribution is -2.46. The van der Waals surface area contributed by atoms with E-state index in [0.29, 0.717) is 0 Å². The first kappa shape index (κ1) is 15.5. The van der Waals surface area contributed by atoms with Gasteiger partial charge in [-0.3, -0.25) is 9.59 Å². The van der Waals surface area contributed by atoms with Gasteiger partial charge in [0.2, 0.25) is 11.8 Å². The number of nitrogens with one attached hydrogen (secondary N) is 1. The Labute approximate surface area is 123 Å². The molecule has 0 heterocycles. The molecular weight excluding hydrogens is 292 g/mol. The Morgan fingerprint density at radius 3 is 2.38 bits per heavy atom. The van der Waals surface area contributed by atoms with Crippen molar-refractivity contribution in [2.45, 2.75) is 30.2 Å². The molecule has 1 saturated carbocycles. The van der Waals surface area contributed by atoms with Crippen LogP contribution >= 0.6 is 0 Å². The van der Waals surface area contributed by atoms with Crippen molar-refractivity contribution in [3.8, 4) is 0 Å². The van der Waals surface area contributed by atoms with E-state index >= 15 is 0 Å². The van der Waals surface area contributed by atoms with E-state index < -0.39 is 21.8 Å². The van der Waals surface area contributed by atoms with E-state index in [1.807, 2.05) is 0 Å². The number of carbonyl (C=O) groups is 2. The van der Waals surface area contributed by atoms with Gasteiger partial charge in [0.15, 0.2) is 9.84 Å². The summed E-state index contributed by atoms with van der Waals surface area (Å²) in [6, 6.07) is 7.04. The molecule has 1 atom stereocenters. The average molecular weight is 310 g/mol. The summed E-state index contributed by atoms with van der Waals surface area (Å²) >= 11 is 0. The van der Waals surface area contributed by atoms with Gasteiger partial charge >= 0.3 is 0 Å². The van der Waals surface area contributed by atoms with Crippen LogP contribution in [0.4, 0.5) is 0 Å². The highest BCUT2D eigenvalue weighted by atomic mass is 32.2. The van der Waals surface area contributed by atoms with Crippen molar-refractivity contribution in [3.63, 3.8) is 0 Å². The second-order valence-electron chi connectivity index (χ2n) is 5.16. The fourth-order valence-corrected chi connectivity index (χ4v) is 3.29. The summed E-state index contributed by atoms with van der Waals surface area (Å²) in [5.74, 6) is -1.24. The molecule has 114 valence electrons. The standard InChI is InChI=1S/C14H18N2O4S/c15-13(17)12(16-14(18)10-6-7-10)8-9-21(19,20)11-4-2-1-3-5-11/h1-5,10,12H,6-9H2,(H2,15,17)(H,16,18)/t12-/m0/s1. The van der Waals surface area contributed by atoms with Crippen LogP contribution in [-0.4, -0.2) is 32.0 Å². The zero-order valence-electron chi connectivity index (χ0n) is 11.5. The lowest BCUT2D eigenvalue weighted by Gasteiger charge is -2.15. The Morgan fingerprint density at radius 2 is 1.86 bits per heavy atom. The Balaban J connectivity index is 1.98. The number of rotatable bonds is 7. The van der Waals surface area contributed by atoms with Crippen molar-refractivity contribution in [3.05, 3.63) is 30.3 Å². The van der Waals surface area contributed by atoms with E-state index in [-0.39, 0.29) is 28.9 Å². The summed E-state index contributed by atoms with van der Waals surface area (Å²) in [5, 5.41) is 2.52. The average Bonchev–Trinajstić information content (AvgIpc) is 3.28. The number of carbonyl (C=O) groups excluding carboxylic acids is 2. The Morgan fingerprint density at radius 1 is 1.24 bits per heavy atom. The van der Waals surface area contributed by atoms with Gasteiger partial charge in [-0.05, 0) is 31.4 Å². The van der Waals surface area contributed by atoms with Gasteiger partial charge < -0.3 is 11.1 Å². The molecule has 1 fully saturated rings. The Kier molecular flexibility index (Phi) is 4.62. The quantitative estimate of drug-likeness (QED) is 0.752. The molecule has 21 heavy (non-hydrogen) atoms. The lowest BCUT2D eigenvalue weighted by atomic mass is 10.2. The summed E-state index contributed by atoms with van der Waals surface area (Å²) in [5.41, 5.74) is 5.23. The first-order valence-corrected chi connectivity index (χ1v) is 8.43. The summed E-state index contributed by atoms with van der Waals surface area (Å²) in [6.45, 7) is 0. The number of benzene rings is 1. The van der Waals surface area contributed by atoms with Crippen LogP contribution in [0.5, 0.6) is 0 Å². The maximum Gasteiger partial charge on any atom is 0.240 e. The highest BCUT2D eigenvalue weighted by Crippen LogP contribution is 2.29. The molecule has 2 rings (SSSR count). The number of hydrogen-bond donors (Lipinski definition) is 2. The van der Waals surface area contributed by atoms with Crippen molar-refractivity contribution < 1.29 is 18.0 Å². The molecule has 3 N–H and O–H groups in total. The minimum atomic E-state index is -3.49. The molecule has 7 heteroatoms. The van der Waals surface area contributed by atoms with Gasteiger partial charge in [0, 0.05) is 5.92 Å². The van der Waals surface area contributed by atoms with E-state index in [2.05, 4.69) is 5.32 Å². The third-order valence-corrected chi connectivity index (χ3v) is 5.15. The first-order valence-electron chi connectivity index (χ1n) is 6.77. The minimum absolute atomic E-state index is 0.0228. The van der Waals surface area contributed by atoms with E-state index in [9.17, 15) is 18.0 Å². The predicted octanol–water partition coefficient (Wildman–Crippen LogP) is 0.230. The third kappa shape index (κ3) is 4.29. The van der Waals surface area contributed by atoms with Crippen molar-refractivity contribution in [2.75, 3.05) is 5.75 Å². The fourth-order valence-electron chi connectivity index (χ4n) is 1.94. The molecule has 0 radical (unpaired) electrons. The maximum atomic E-state index is 12.1. The highest BCUT2D eigenvalue weighted by molar-refractivity contribution is 7.91. The van der Waals surface area contributed by atoms with E-state index in [0.717, 1.165) is 12.8 Å². The van der Waals surface area contributed by atoms with Crippen LogP contribution in [0.1, 0.15) is 19.3 Å². The van der Waals surface area contributed by atoms with Gasteiger partial charge in [0.1, 0.15) is 6.04 Å². The molecule has 1 aromatic rings. The van der Waals surface area contributed by atoms with Gasteiger partial charge in [-0.15, -0.1) is 0 Å². The zero-order valence-corrected chi connectivity index (χ0v) is 12.3. The molecule has 0 spiro atoms. The Bertz CT molecular complexity index is 624. The molecule has 1 aliphatic carbocycles. The smallest absolute Gasteiger partial charge is 0.240 e. The van der Waals surface area contributed by atoms with Crippen LogP contribution in [-0.2, 0) is 19.4 Å². The highest BCUT2D eigenvalue weighted by Gasteiger charge is 2.32. The van der Waals surface area contributed by atoms with Crippen LogP contribution in [0.25, 0.3) is 0 Å². The largest absolute Gasteiger partial charge is 0.368 e. The molecule has 0 saturated heterocycles. The molecule has 0 aromatic heterocycles. The van der Waals surface area contributed by atoms with Crippen molar-refractivity contribution in [2.24, 2.45) is 11.7 Å². The summed E-state index contributed by atoms with van der Waals surface area (Å²) in [4.78, 5) is 23.2. The first-order chi connectivity index (χ1) is 9.90. The van der Waals surface area contributed by atoms with E-state index in [1.165, 1.54) is 12.1 Å². The minimum Gasteiger partial charge on any atom is -0.368 e. The van der Waals surface area contributed by atoms with Gasteiger partial charge in [-0.1, -0.05) is 18.2 Å². The summed E-state index contributed by atoms with van der Waals surface area (Å²) in [7, 11) is -3.49. The number of nitrogens with two attached hydrogens (primary N) is 1. The molecule has 0 unspecified atom stereocenters. The number of hydrogen-bond acceptors (Lipinski definition) is 4. The molecule has 0 aliphatic heterocycles. The number of primary amides is 1. The van der Waals surface area contributed by atoms with Crippen LogP contribution < -0.4 is 11.1 Å². The van der Waals surface area contributed by atoms with Crippen LogP contribution in [0.3, 0.4) is 0 Å². The van der Waals surface area contributed by atoms with Crippen LogP contribution in [0.2, 0.25) is 0 Å². The van der Waals surface area contributed by atoms with Crippen LogP contribution in [0, 0.1) is 5.92 Å². The number of amides is 2. The van der Waals surface area contributed by atoms with Gasteiger partial charge in [0.25, 0.3) is 0 Å². The van der Waals surface area contributed by atoms with Crippen molar-refractivity contribution in [1.29, 1.82) is 0 Å². The van der Waals surface area contributed by atoms with E-state index in [4.69, 9.17) is 5.73 Å². The number of sulfone groups is 1. The van der Waals surface area contributed by atoms with Crippen molar-refractivity contribution >= 4 is 21.7 Å². The van der Waals surface area contributed by atoms with E-state index in [1.54, 1.807) is 18.2 Å². The van der Waals surface area contributed by atoms with Gasteiger partial charge in [-0.25, -0.2) is 8.42 Å². The second-order valence-corrected chi connectivity index (χ2v) is 7.27. The zero-order chi connectivity index (χ0) is 15.5. The Hall–Kier alpha value is -1.89.